The van der Waals surface area contributed by atoms with E-state index in [0.717, 1.165) is 17.7 Å². The Morgan fingerprint density at radius 2 is 2.10 bits per heavy atom. The highest BCUT2D eigenvalue weighted by Crippen LogP contribution is 2.23. The number of benzene rings is 1. The molecule has 118 valence electrons. The summed E-state index contributed by atoms with van der Waals surface area (Å²) < 4.78 is 5.55. The van der Waals surface area contributed by atoms with Crippen LogP contribution in [0.4, 0.5) is 0 Å². The van der Waals surface area contributed by atoms with Crippen LogP contribution in [0.2, 0.25) is 0 Å². The molecule has 0 aliphatic rings. The van der Waals surface area contributed by atoms with Crippen LogP contribution in [0.25, 0.3) is 0 Å². The number of amides is 1. The smallest absolute Gasteiger partial charge is 0.223 e. The van der Waals surface area contributed by atoms with Crippen molar-refractivity contribution in [3.63, 3.8) is 0 Å². The highest BCUT2D eigenvalue weighted by Gasteiger charge is 2.17. The zero-order chi connectivity index (χ0) is 15.9. The van der Waals surface area contributed by atoms with E-state index in [-0.39, 0.29) is 16.7 Å². The Labute approximate surface area is 133 Å². The predicted molar refractivity (Wildman–Crippen MR) is 88.0 cm³/mol. The molecule has 1 amide bonds. The summed E-state index contributed by atoms with van der Waals surface area (Å²) in [7, 11) is 0. The van der Waals surface area contributed by atoms with E-state index in [1.165, 1.54) is 0 Å². The maximum absolute atomic E-state index is 11.7. The number of halogens is 1. The molecular weight excluding hydrogens is 286 g/mol. The lowest BCUT2D eigenvalue weighted by Crippen LogP contribution is -2.32. The molecule has 0 fully saturated rings. The number of rotatable bonds is 7. The van der Waals surface area contributed by atoms with Crippen LogP contribution in [0, 0.1) is 12.3 Å². The van der Waals surface area contributed by atoms with Gasteiger partial charge >= 0.3 is 0 Å². The van der Waals surface area contributed by atoms with Crippen molar-refractivity contribution >= 4 is 17.5 Å². The van der Waals surface area contributed by atoms with E-state index in [4.69, 9.17) is 16.3 Å². The van der Waals surface area contributed by atoms with Gasteiger partial charge in [0, 0.05) is 6.54 Å². The van der Waals surface area contributed by atoms with Crippen LogP contribution in [0.5, 0.6) is 5.75 Å². The van der Waals surface area contributed by atoms with Crippen LogP contribution in [-0.4, -0.2) is 24.4 Å². The Morgan fingerprint density at radius 1 is 1.38 bits per heavy atom. The molecule has 0 saturated carbocycles. The van der Waals surface area contributed by atoms with Gasteiger partial charge in [-0.3, -0.25) is 4.79 Å². The largest absolute Gasteiger partial charge is 0.493 e. The van der Waals surface area contributed by atoms with E-state index < -0.39 is 0 Å². The zero-order valence-electron chi connectivity index (χ0n) is 13.4. The average molecular weight is 312 g/mol. The van der Waals surface area contributed by atoms with Crippen LogP contribution in [0.3, 0.4) is 0 Å². The lowest BCUT2D eigenvalue weighted by atomic mass is 9.90. The summed E-state index contributed by atoms with van der Waals surface area (Å²) in [4.78, 5) is 11.7. The molecule has 1 rings (SSSR count). The van der Waals surface area contributed by atoms with Crippen molar-refractivity contribution in [2.75, 3.05) is 13.2 Å². The van der Waals surface area contributed by atoms with E-state index in [2.05, 4.69) is 26.1 Å². The van der Waals surface area contributed by atoms with Gasteiger partial charge in [-0.2, -0.15) is 0 Å². The second-order valence-electron chi connectivity index (χ2n) is 6.58. The van der Waals surface area contributed by atoms with Crippen molar-refractivity contribution in [1.82, 2.24) is 5.32 Å². The number of carbonyl (C=O) groups excluding carboxylic acids is 1. The van der Waals surface area contributed by atoms with Crippen LogP contribution in [0.15, 0.2) is 24.3 Å². The van der Waals surface area contributed by atoms with Crippen LogP contribution in [-0.2, 0) is 4.79 Å². The molecule has 4 heteroatoms. The molecule has 1 aromatic rings. The highest BCUT2D eigenvalue weighted by atomic mass is 35.5. The SMILES string of the molecule is Cc1cccc(OCCC(=O)NCC(Cl)CC(C)(C)C)c1. The van der Waals surface area contributed by atoms with Gasteiger partial charge in [0.25, 0.3) is 0 Å². The van der Waals surface area contributed by atoms with Crippen molar-refractivity contribution in [2.45, 2.75) is 45.9 Å². The van der Waals surface area contributed by atoms with E-state index in [1.807, 2.05) is 31.2 Å². The fraction of sp³-hybridized carbons (Fsp3) is 0.588. The van der Waals surface area contributed by atoms with Crippen LogP contribution >= 0.6 is 11.6 Å². The zero-order valence-corrected chi connectivity index (χ0v) is 14.2. The number of ether oxygens (including phenoxy) is 1. The Bertz CT molecular complexity index is 454. The first-order valence-electron chi connectivity index (χ1n) is 7.36. The third kappa shape index (κ3) is 8.61. The first-order chi connectivity index (χ1) is 9.76. The molecule has 0 saturated heterocycles. The summed E-state index contributed by atoms with van der Waals surface area (Å²) in [5, 5.41) is 2.82. The van der Waals surface area contributed by atoms with Crippen LogP contribution < -0.4 is 10.1 Å². The first-order valence-corrected chi connectivity index (χ1v) is 7.80. The molecule has 21 heavy (non-hydrogen) atoms. The number of hydrogen-bond donors (Lipinski definition) is 1. The minimum Gasteiger partial charge on any atom is -0.493 e. The third-order valence-electron chi connectivity index (χ3n) is 2.94. The molecule has 0 aromatic heterocycles. The number of alkyl halides is 1. The number of hydrogen-bond acceptors (Lipinski definition) is 2. The van der Waals surface area contributed by atoms with Gasteiger partial charge in [0.15, 0.2) is 0 Å². The Kier molecular flexibility index (Phi) is 7.03. The second kappa shape index (κ2) is 8.28. The molecule has 0 aliphatic heterocycles. The summed E-state index contributed by atoms with van der Waals surface area (Å²) >= 11 is 6.21. The molecule has 1 unspecified atom stereocenters. The Balaban J connectivity index is 2.20. The van der Waals surface area contributed by atoms with Crippen molar-refractivity contribution in [2.24, 2.45) is 5.41 Å². The van der Waals surface area contributed by atoms with Crippen molar-refractivity contribution in [1.29, 1.82) is 0 Å². The topological polar surface area (TPSA) is 38.3 Å². The van der Waals surface area contributed by atoms with Crippen LogP contribution in [0.1, 0.15) is 39.2 Å². The molecule has 0 radical (unpaired) electrons. The van der Waals surface area contributed by atoms with Gasteiger partial charge in [0.1, 0.15) is 5.75 Å². The number of aryl methyl sites for hydroxylation is 1. The molecule has 0 spiro atoms. The fourth-order valence-corrected chi connectivity index (χ4v) is 2.56. The van der Waals surface area contributed by atoms with Crippen molar-refractivity contribution < 1.29 is 9.53 Å². The molecular formula is C17H26ClNO2. The minimum atomic E-state index is -0.0355. The summed E-state index contributed by atoms with van der Waals surface area (Å²) in [6.07, 6.45) is 1.21. The second-order valence-corrected chi connectivity index (χ2v) is 7.20. The van der Waals surface area contributed by atoms with E-state index in [9.17, 15) is 4.79 Å². The fourth-order valence-electron chi connectivity index (χ4n) is 2.02. The normalized spacial score (nSPS) is 12.8. The molecule has 3 nitrogen and oxygen atoms in total. The summed E-state index contributed by atoms with van der Waals surface area (Å²) in [5.74, 6) is 0.771. The first kappa shape index (κ1) is 17.8. The number of carbonyl (C=O) groups is 1. The number of nitrogens with one attached hydrogen (secondary N) is 1. The van der Waals surface area contributed by atoms with E-state index in [1.54, 1.807) is 0 Å². The standard InChI is InChI=1S/C17H26ClNO2/c1-13-6-5-7-15(10-13)21-9-8-16(20)19-12-14(18)11-17(2,3)4/h5-7,10,14H,8-9,11-12H2,1-4H3,(H,19,20). The van der Waals surface area contributed by atoms with Gasteiger partial charge in [-0.1, -0.05) is 32.9 Å². The average Bonchev–Trinajstić information content (AvgIpc) is 2.34. The maximum Gasteiger partial charge on any atom is 0.223 e. The van der Waals surface area contributed by atoms with Crippen molar-refractivity contribution in [3.05, 3.63) is 29.8 Å². The van der Waals surface area contributed by atoms with Gasteiger partial charge < -0.3 is 10.1 Å². The molecule has 1 aromatic carbocycles. The van der Waals surface area contributed by atoms with E-state index in [0.29, 0.717) is 19.6 Å². The summed E-state index contributed by atoms with van der Waals surface area (Å²) in [6, 6.07) is 7.80. The lowest BCUT2D eigenvalue weighted by molar-refractivity contribution is -0.121. The summed E-state index contributed by atoms with van der Waals surface area (Å²) in [6.45, 7) is 9.30. The van der Waals surface area contributed by atoms with Gasteiger partial charge in [-0.15, -0.1) is 11.6 Å². The van der Waals surface area contributed by atoms with Crippen molar-refractivity contribution in [3.8, 4) is 5.75 Å². The monoisotopic (exact) mass is 311 g/mol. The Hall–Kier alpha value is -1.22. The van der Waals surface area contributed by atoms with E-state index >= 15 is 0 Å². The quantitative estimate of drug-likeness (QED) is 0.775. The third-order valence-corrected chi connectivity index (χ3v) is 3.25. The van der Waals surface area contributed by atoms with Gasteiger partial charge in [-0.05, 0) is 36.5 Å². The molecule has 0 aliphatic carbocycles. The minimum absolute atomic E-state index is 0.0257. The highest BCUT2D eigenvalue weighted by molar-refractivity contribution is 6.20. The molecule has 0 bridgehead atoms. The molecule has 0 heterocycles. The maximum atomic E-state index is 11.7. The lowest BCUT2D eigenvalue weighted by Gasteiger charge is -2.22. The molecule has 1 N–H and O–H groups in total. The van der Waals surface area contributed by atoms with Gasteiger partial charge in [0.05, 0.1) is 18.4 Å². The predicted octanol–water partition coefficient (Wildman–Crippen LogP) is 3.92. The van der Waals surface area contributed by atoms with Gasteiger partial charge in [-0.25, -0.2) is 0 Å². The Morgan fingerprint density at radius 3 is 2.71 bits per heavy atom. The molecule has 1 atom stereocenters. The van der Waals surface area contributed by atoms with Gasteiger partial charge in [0.2, 0.25) is 5.91 Å². The summed E-state index contributed by atoms with van der Waals surface area (Å²) in [5.41, 5.74) is 1.31.